The summed E-state index contributed by atoms with van der Waals surface area (Å²) in [6, 6.07) is -1.04. The molecule has 15 heteroatoms. The monoisotopic (exact) mass is 487 g/mol. The highest BCUT2D eigenvalue weighted by Gasteiger charge is 2.54. The Kier molecular flexibility index (Phi) is 7.29. The molecular weight excluding hydrogens is 469 g/mol. The lowest BCUT2D eigenvalue weighted by Crippen LogP contribution is -2.71. The van der Waals surface area contributed by atoms with Gasteiger partial charge in [0.2, 0.25) is 0 Å². The van der Waals surface area contributed by atoms with Gasteiger partial charge in [-0.2, -0.15) is 0 Å². The number of esters is 1. The molecular formula is C17H18FN5O7S2. The summed E-state index contributed by atoms with van der Waals surface area (Å²) in [5.41, 5.74) is 5.35. The number of anilines is 1. The van der Waals surface area contributed by atoms with E-state index in [0.29, 0.717) is 0 Å². The van der Waals surface area contributed by atoms with Crippen molar-refractivity contribution in [2.24, 2.45) is 5.16 Å². The van der Waals surface area contributed by atoms with E-state index in [9.17, 15) is 28.7 Å². The minimum atomic E-state index is -1.35. The van der Waals surface area contributed by atoms with Crippen LogP contribution >= 0.6 is 23.1 Å². The maximum atomic E-state index is 12.8. The number of amides is 2. The lowest BCUT2D eigenvalue weighted by molar-refractivity contribution is -0.150. The zero-order valence-corrected chi connectivity index (χ0v) is 18.2. The Balaban J connectivity index is 1.77. The molecule has 0 unspecified atom stereocenters. The zero-order valence-electron chi connectivity index (χ0n) is 16.6. The topological polar surface area (TPSA) is 174 Å². The Morgan fingerprint density at radius 3 is 2.81 bits per heavy atom. The van der Waals surface area contributed by atoms with Gasteiger partial charge in [-0.1, -0.05) is 5.16 Å². The number of nitrogens with two attached hydrogens (primary N) is 1. The first kappa shape index (κ1) is 23.5. The molecule has 0 aromatic carbocycles. The number of aliphatic carboxylic acids is 1. The van der Waals surface area contributed by atoms with Crippen LogP contribution < -0.4 is 11.1 Å². The third-order valence-corrected chi connectivity index (χ3v) is 6.30. The zero-order chi connectivity index (χ0) is 23.4. The van der Waals surface area contributed by atoms with E-state index in [4.69, 9.17) is 15.3 Å². The number of ether oxygens (including phenoxy) is 1. The molecule has 1 aromatic rings. The number of rotatable bonds is 9. The predicted molar refractivity (Wildman–Crippen MR) is 111 cm³/mol. The molecule has 1 fully saturated rings. The second-order valence-corrected chi connectivity index (χ2v) is 8.43. The number of nitrogens with one attached hydrogen (secondary N) is 1. The number of β-lactam (4-membered cyclic amide) rings is 1. The molecule has 2 amide bonds. The summed E-state index contributed by atoms with van der Waals surface area (Å²) >= 11 is 2.25. The number of carbonyl (C=O) groups excluding carboxylic acids is 3. The normalized spacial score (nSPS) is 20.4. The van der Waals surface area contributed by atoms with Crippen molar-refractivity contribution in [3.05, 3.63) is 22.3 Å². The van der Waals surface area contributed by atoms with E-state index in [1.165, 1.54) is 24.1 Å². The second kappa shape index (κ2) is 9.95. The smallest absolute Gasteiger partial charge is 0.352 e. The molecule has 2 aliphatic heterocycles. The summed E-state index contributed by atoms with van der Waals surface area (Å²) < 4.78 is 17.2. The molecule has 0 radical (unpaired) electrons. The number of carboxylic acids is 1. The molecule has 0 saturated carbocycles. The van der Waals surface area contributed by atoms with E-state index in [-0.39, 0.29) is 46.8 Å². The Morgan fingerprint density at radius 1 is 1.47 bits per heavy atom. The van der Waals surface area contributed by atoms with Crippen molar-refractivity contribution in [2.75, 3.05) is 31.4 Å². The van der Waals surface area contributed by atoms with E-state index < -0.39 is 41.8 Å². The summed E-state index contributed by atoms with van der Waals surface area (Å²) in [4.78, 5) is 58.0. The van der Waals surface area contributed by atoms with Gasteiger partial charge in [0.05, 0.1) is 0 Å². The highest BCUT2D eigenvalue weighted by molar-refractivity contribution is 8.00. The van der Waals surface area contributed by atoms with Crippen LogP contribution in [0.1, 0.15) is 12.6 Å². The van der Waals surface area contributed by atoms with Crippen molar-refractivity contribution in [3.63, 3.8) is 0 Å². The van der Waals surface area contributed by atoms with Gasteiger partial charge in [0, 0.05) is 23.6 Å². The van der Waals surface area contributed by atoms with Gasteiger partial charge in [-0.15, -0.1) is 23.1 Å². The van der Waals surface area contributed by atoms with E-state index in [1.54, 1.807) is 0 Å². The van der Waals surface area contributed by atoms with Crippen molar-refractivity contribution < 1.29 is 38.2 Å². The van der Waals surface area contributed by atoms with Crippen molar-refractivity contribution >= 4 is 57.7 Å². The van der Waals surface area contributed by atoms with Crippen LogP contribution in [0.2, 0.25) is 0 Å². The van der Waals surface area contributed by atoms with Crippen LogP contribution in [0, 0.1) is 0 Å². The summed E-state index contributed by atoms with van der Waals surface area (Å²) in [6.07, 6.45) is 0. The SMILES string of the molecule is CC(=O)OCC1=C(C(=O)O)N2C(=O)[C@@H](NC(=O)/C(=N\OCCF)c3csc(N)n3)[C@@H]2SC1. The number of alkyl halides is 1. The predicted octanol–water partition coefficient (Wildman–Crippen LogP) is -0.283. The molecule has 0 bridgehead atoms. The number of carbonyl (C=O) groups is 4. The quantitative estimate of drug-likeness (QED) is 0.138. The van der Waals surface area contributed by atoms with E-state index in [1.807, 2.05) is 0 Å². The number of nitrogens with zero attached hydrogens (tertiary/aromatic N) is 3. The molecule has 12 nitrogen and oxygen atoms in total. The van der Waals surface area contributed by atoms with Gasteiger partial charge in [-0.05, 0) is 0 Å². The third-order valence-electron chi connectivity index (χ3n) is 4.29. The maximum Gasteiger partial charge on any atom is 0.352 e. The molecule has 3 heterocycles. The lowest BCUT2D eigenvalue weighted by Gasteiger charge is -2.49. The molecule has 1 saturated heterocycles. The Hall–Kier alpha value is -3.20. The molecule has 0 aliphatic carbocycles. The summed E-state index contributed by atoms with van der Waals surface area (Å²) in [5.74, 6) is -3.23. The molecule has 2 atom stereocenters. The van der Waals surface area contributed by atoms with Crippen LogP contribution in [0.15, 0.2) is 21.8 Å². The fourth-order valence-corrected chi connectivity index (χ4v) is 4.81. The first-order valence-corrected chi connectivity index (χ1v) is 11.0. The van der Waals surface area contributed by atoms with E-state index in [2.05, 4.69) is 15.5 Å². The number of fused-ring (bicyclic) bond motifs is 1. The third kappa shape index (κ3) is 4.83. The molecule has 3 rings (SSSR count). The minimum absolute atomic E-state index is 0.0820. The number of aromatic nitrogens is 1. The van der Waals surface area contributed by atoms with Gasteiger partial charge < -0.3 is 25.7 Å². The number of thioether (sulfide) groups is 1. The summed E-state index contributed by atoms with van der Waals surface area (Å²) in [7, 11) is 0. The van der Waals surface area contributed by atoms with E-state index in [0.717, 1.165) is 16.2 Å². The number of carboxylic acid groups (broad SMARTS) is 1. The van der Waals surface area contributed by atoms with Crippen LogP contribution in [0.3, 0.4) is 0 Å². The largest absolute Gasteiger partial charge is 0.477 e. The number of nitrogen functional groups attached to an aromatic ring is 1. The Bertz CT molecular complexity index is 1010. The molecule has 2 aliphatic rings. The van der Waals surface area contributed by atoms with Gasteiger partial charge in [0.15, 0.2) is 10.8 Å². The standard InChI is InChI=1S/C17H18FN5O7S2/c1-7(24)29-4-8-5-31-15-11(14(26)23(15)12(8)16(27)28)21-13(25)10(22-30-3-2-18)9-6-32-17(19)20-9/h6,11,15H,2-5H2,1H3,(H2,19,20)(H,21,25)(H,27,28)/b22-10-/t11-,15+/m1/s1. The highest BCUT2D eigenvalue weighted by Crippen LogP contribution is 2.40. The molecule has 0 spiro atoms. The van der Waals surface area contributed by atoms with E-state index >= 15 is 0 Å². The van der Waals surface area contributed by atoms with Gasteiger partial charge in [0.25, 0.3) is 11.8 Å². The van der Waals surface area contributed by atoms with Crippen molar-refractivity contribution in [1.82, 2.24) is 15.2 Å². The Morgan fingerprint density at radius 2 is 2.22 bits per heavy atom. The highest BCUT2D eigenvalue weighted by atomic mass is 32.2. The van der Waals surface area contributed by atoms with Gasteiger partial charge in [0.1, 0.15) is 42.7 Å². The van der Waals surface area contributed by atoms with Gasteiger partial charge in [-0.3, -0.25) is 19.3 Å². The second-order valence-electron chi connectivity index (χ2n) is 6.43. The average Bonchev–Trinajstić information content (AvgIpc) is 3.18. The lowest BCUT2D eigenvalue weighted by atomic mass is 10.0. The number of hydrogen-bond acceptors (Lipinski definition) is 11. The summed E-state index contributed by atoms with van der Waals surface area (Å²) in [5, 5.41) is 16.6. The Labute approximate surface area is 188 Å². The fraction of sp³-hybridized carbons (Fsp3) is 0.412. The van der Waals surface area contributed by atoms with Crippen LogP contribution in [0.4, 0.5) is 9.52 Å². The van der Waals surface area contributed by atoms with Crippen LogP contribution in [-0.2, 0) is 28.8 Å². The van der Waals surface area contributed by atoms with Crippen LogP contribution in [-0.4, -0.2) is 81.5 Å². The maximum absolute atomic E-state index is 12.8. The van der Waals surface area contributed by atoms with Crippen molar-refractivity contribution in [3.8, 4) is 0 Å². The van der Waals surface area contributed by atoms with Crippen molar-refractivity contribution in [2.45, 2.75) is 18.3 Å². The first-order chi connectivity index (χ1) is 15.2. The number of halogens is 1. The molecule has 4 N–H and O–H groups in total. The van der Waals surface area contributed by atoms with Crippen molar-refractivity contribution in [1.29, 1.82) is 0 Å². The average molecular weight is 487 g/mol. The molecule has 172 valence electrons. The minimum Gasteiger partial charge on any atom is -0.477 e. The molecule has 1 aromatic heterocycles. The first-order valence-electron chi connectivity index (χ1n) is 9.06. The van der Waals surface area contributed by atoms with Gasteiger partial charge >= 0.3 is 11.9 Å². The van der Waals surface area contributed by atoms with Gasteiger partial charge in [-0.25, -0.2) is 14.2 Å². The number of hydrogen-bond donors (Lipinski definition) is 3. The summed E-state index contributed by atoms with van der Waals surface area (Å²) in [6.45, 7) is -0.284. The number of thiazole rings is 1. The van der Waals surface area contributed by atoms with Crippen LogP contribution in [0.25, 0.3) is 0 Å². The number of oxime groups is 1. The fourth-order valence-electron chi connectivity index (χ4n) is 2.94. The molecule has 32 heavy (non-hydrogen) atoms. The van der Waals surface area contributed by atoms with Crippen LogP contribution in [0.5, 0.6) is 0 Å².